The highest BCUT2D eigenvalue weighted by Gasteiger charge is 2.13. The van der Waals surface area contributed by atoms with Crippen LogP contribution in [0.4, 0.5) is 5.13 Å². The molecule has 0 aliphatic heterocycles. The number of aromatic nitrogens is 2. The van der Waals surface area contributed by atoms with Gasteiger partial charge in [-0.15, -0.1) is 11.3 Å². The van der Waals surface area contributed by atoms with Crippen molar-refractivity contribution in [2.75, 3.05) is 27.6 Å². The fourth-order valence-electron chi connectivity index (χ4n) is 2.79. The van der Waals surface area contributed by atoms with Gasteiger partial charge in [0.25, 0.3) is 0 Å². The van der Waals surface area contributed by atoms with Crippen molar-refractivity contribution < 1.29 is 14.2 Å². The van der Waals surface area contributed by atoms with E-state index in [1.165, 1.54) is 0 Å². The summed E-state index contributed by atoms with van der Waals surface area (Å²) in [6.45, 7) is 0. The number of rotatable bonds is 6. The molecule has 4 rings (SSSR count). The lowest BCUT2D eigenvalue weighted by Crippen LogP contribution is -1.96. The van der Waals surface area contributed by atoms with Gasteiger partial charge in [-0.05, 0) is 30.5 Å². The zero-order valence-electron chi connectivity index (χ0n) is 15.7. The molecule has 6 nitrogen and oxygen atoms in total. The molecule has 0 atom stereocenters. The molecule has 0 radical (unpaired) electrons. The van der Waals surface area contributed by atoms with Gasteiger partial charge in [0.2, 0.25) is 10.9 Å². The lowest BCUT2D eigenvalue weighted by atomic mass is 10.2. The fourth-order valence-corrected chi connectivity index (χ4v) is 5.39. The SMILES string of the molecule is COc1cc(/C=N/c2nc3ccc4nc(SC)sc4c3s2)cc(OC)c1OC. The summed E-state index contributed by atoms with van der Waals surface area (Å²) in [7, 11) is 4.77. The number of thiazole rings is 2. The molecule has 28 heavy (non-hydrogen) atoms. The number of fused-ring (bicyclic) bond motifs is 3. The third-order valence-electron chi connectivity index (χ3n) is 4.07. The molecular formula is C19H17N3O3S3. The van der Waals surface area contributed by atoms with Crippen LogP contribution >= 0.6 is 34.4 Å². The van der Waals surface area contributed by atoms with Crippen LogP contribution in [0.25, 0.3) is 20.4 Å². The summed E-state index contributed by atoms with van der Waals surface area (Å²) in [6.07, 6.45) is 3.79. The van der Waals surface area contributed by atoms with Gasteiger partial charge in [-0.3, -0.25) is 0 Å². The molecule has 0 N–H and O–H groups in total. The Morgan fingerprint density at radius 1 is 0.929 bits per heavy atom. The third-order valence-corrected chi connectivity index (χ3v) is 7.27. The Morgan fingerprint density at radius 2 is 1.57 bits per heavy atom. The lowest BCUT2D eigenvalue weighted by molar-refractivity contribution is 0.324. The van der Waals surface area contributed by atoms with E-state index >= 15 is 0 Å². The number of benzene rings is 2. The minimum atomic E-state index is 0.555. The third kappa shape index (κ3) is 3.41. The van der Waals surface area contributed by atoms with Crippen LogP contribution in [-0.2, 0) is 0 Å². The molecule has 144 valence electrons. The van der Waals surface area contributed by atoms with Gasteiger partial charge in [0, 0.05) is 11.8 Å². The molecule has 0 unspecified atom stereocenters. The fraction of sp³-hybridized carbons (Fsp3) is 0.211. The maximum absolute atomic E-state index is 5.39. The van der Waals surface area contributed by atoms with Crippen molar-refractivity contribution in [2.24, 2.45) is 4.99 Å². The lowest BCUT2D eigenvalue weighted by Gasteiger charge is -2.12. The topological polar surface area (TPSA) is 65.8 Å². The standard InChI is InChI=1S/C19H17N3O3S3/c1-23-13-7-10(8-14(24-2)15(13)25-3)9-20-18-21-11-5-6-12-17(16(11)27-18)28-19(22-12)26-4/h5-9H,1-4H3/b20-9+. The van der Waals surface area contributed by atoms with Gasteiger partial charge in [0.1, 0.15) is 0 Å². The van der Waals surface area contributed by atoms with Crippen LogP contribution < -0.4 is 14.2 Å². The molecule has 2 aromatic heterocycles. The van der Waals surface area contributed by atoms with E-state index in [0.29, 0.717) is 22.4 Å². The Kier molecular flexibility index (Phi) is 5.38. The molecule has 0 amide bonds. The average molecular weight is 432 g/mol. The zero-order chi connectivity index (χ0) is 19.7. The van der Waals surface area contributed by atoms with E-state index in [1.807, 2.05) is 30.5 Å². The first kappa shape index (κ1) is 19.0. The Labute approximate surface area is 174 Å². The monoisotopic (exact) mass is 431 g/mol. The Morgan fingerprint density at radius 3 is 2.18 bits per heavy atom. The second-order valence-electron chi connectivity index (χ2n) is 5.66. The zero-order valence-corrected chi connectivity index (χ0v) is 18.1. The van der Waals surface area contributed by atoms with Gasteiger partial charge in [-0.25, -0.2) is 15.0 Å². The van der Waals surface area contributed by atoms with Crippen LogP contribution in [0.2, 0.25) is 0 Å². The first-order valence-electron chi connectivity index (χ1n) is 8.25. The second-order valence-corrected chi connectivity index (χ2v) is 8.69. The second kappa shape index (κ2) is 7.94. The summed E-state index contributed by atoms with van der Waals surface area (Å²) < 4.78 is 19.5. The normalized spacial score (nSPS) is 11.6. The Bertz CT molecular complexity index is 1160. The van der Waals surface area contributed by atoms with Crippen LogP contribution in [0.5, 0.6) is 17.2 Å². The van der Waals surface area contributed by atoms with E-state index in [2.05, 4.69) is 15.0 Å². The maximum Gasteiger partial charge on any atom is 0.210 e. The van der Waals surface area contributed by atoms with E-state index in [4.69, 9.17) is 14.2 Å². The Hall–Kier alpha value is -2.36. The summed E-state index contributed by atoms with van der Waals surface area (Å²) >= 11 is 4.91. The molecule has 4 aromatic rings. The molecule has 0 bridgehead atoms. The van der Waals surface area contributed by atoms with Gasteiger partial charge in [-0.2, -0.15) is 0 Å². The van der Waals surface area contributed by atoms with Crippen molar-refractivity contribution in [1.29, 1.82) is 0 Å². The predicted molar refractivity (Wildman–Crippen MR) is 118 cm³/mol. The summed E-state index contributed by atoms with van der Waals surface area (Å²) in [5.74, 6) is 1.73. The number of hydrogen-bond donors (Lipinski definition) is 0. The van der Waals surface area contributed by atoms with Gasteiger partial charge in [-0.1, -0.05) is 23.1 Å². The molecular weight excluding hydrogens is 414 g/mol. The summed E-state index contributed by atoms with van der Waals surface area (Å²) in [6, 6.07) is 7.71. The highest BCUT2D eigenvalue weighted by Crippen LogP contribution is 2.40. The van der Waals surface area contributed by atoms with Crippen molar-refractivity contribution in [3.05, 3.63) is 29.8 Å². The molecule has 0 aliphatic rings. The van der Waals surface area contributed by atoms with Gasteiger partial charge < -0.3 is 14.2 Å². The van der Waals surface area contributed by atoms with Crippen molar-refractivity contribution in [3.8, 4) is 17.2 Å². The van der Waals surface area contributed by atoms with Crippen molar-refractivity contribution in [3.63, 3.8) is 0 Å². The van der Waals surface area contributed by atoms with E-state index in [1.54, 1.807) is 62.0 Å². The van der Waals surface area contributed by atoms with Gasteiger partial charge in [0.05, 0.1) is 41.8 Å². The number of hydrogen-bond acceptors (Lipinski definition) is 9. The molecule has 0 aliphatic carbocycles. The van der Waals surface area contributed by atoms with Gasteiger partial charge >= 0.3 is 0 Å². The minimum Gasteiger partial charge on any atom is -0.493 e. The number of methoxy groups -OCH3 is 3. The van der Waals surface area contributed by atoms with E-state index in [-0.39, 0.29) is 0 Å². The molecule has 9 heteroatoms. The molecule has 0 saturated heterocycles. The first-order chi connectivity index (χ1) is 13.7. The number of ether oxygens (including phenoxy) is 3. The highest BCUT2D eigenvalue weighted by atomic mass is 32.2. The first-order valence-corrected chi connectivity index (χ1v) is 11.1. The minimum absolute atomic E-state index is 0.555. The Balaban J connectivity index is 1.72. The highest BCUT2D eigenvalue weighted by molar-refractivity contribution is 8.00. The van der Waals surface area contributed by atoms with E-state index < -0.39 is 0 Å². The predicted octanol–water partition coefficient (Wildman–Crippen LogP) is 5.40. The van der Waals surface area contributed by atoms with Crippen LogP contribution in [0, 0.1) is 0 Å². The molecule has 0 spiro atoms. The molecule has 0 fully saturated rings. The summed E-state index contributed by atoms with van der Waals surface area (Å²) in [5, 5.41) is 0.690. The largest absolute Gasteiger partial charge is 0.493 e. The maximum atomic E-state index is 5.39. The summed E-state index contributed by atoms with van der Waals surface area (Å²) in [5.41, 5.74) is 2.78. The van der Waals surface area contributed by atoms with E-state index in [0.717, 1.165) is 30.3 Å². The molecule has 2 heterocycles. The van der Waals surface area contributed by atoms with Crippen molar-refractivity contribution in [2.45, 2.75) is 4.34 Å². The van der Waals surface area contributed by atoms with Crippen molar-refractivity contribution in [1.82, 2.24) is 9.97 Å². The smallest absolute Gasteiger partial charge is 0.210 e. The van der Waals surface area contributed by atoms with Crippen LogP contribution in [0.3, 0.4) is 0 Å². The summed E-state index contributed by atoms with van der Waals surface area (Å²) in [4.78, 5) is 13.8. The number of thioether (sulfide) groups is 1. The molecule has 2 aromatic carbocycles. The number of nitrogens with zero attached hydrogens (tertiary/aromatic N) is 3. The van der Waals surface area contributed by atoms with Crippen molar-refractivity contribution >= 4 is 66.2 Å². The quantitative estimate of drug-likeness (QED) is 0.301. The van der Waals surface area contributed by atoms with E-state index in [9.17, 15) is 0 Å². The van der Waals surface area contributed by atoms with Gasteiger partial charge in [0.15, 0.2) is 15.8 Å². The van der Waals surface area contributed by atoms with Crippen LogP contribution in [0.1, 0.15) is 5.56 Å². The average Bonchev–Trinajstić information content (AvgIpc) is 3.34. The van der Waals surface area contributed by atoms with Crippen LogP contribution in [-0.4, -0.2) is 43.8 Å². The van der Waals surface area contributed by atoms with Crippen LogP contribution in [0.15, 0.2) is 33.6 Å². The number of aliphatic imine (C=N–C) groups is 1. The molecule has 0 saturated carbocycles.